The highest BCUT2D eigenvalue weighted by Gasteiger charge is 2.02. The number of thioether (sulfide) groups is 2. The molecule has 1 rings (SSSR count). The van der Waals surface area contributed by atoms with Gasteiger partial charge in [0.1, 0.15) is 0 Å². The van der Waals surface area contributed by atoms with Crippen molar-refractivity contribution < 1.29 is 0 Å². The fourth-order valence-corrected chi connectivity index (χ4v) is 3.20. The minimum Gasteiger partial charge on any atom is -0.314 e. The molecule has 1 aromatic heterocycles. The standard InChI is InChI=1S/C8H15N3S3/c1-6(2)9-4-5-13-8-11-10-7(12-3)14-8/h6,9H,4-5H2,1-3H3. The summed E-state index contributed by atoms with van der Waals surface area (Å²) in [5.74, 6) is 1.06. The number of nitrogens with one attached hydrogen (secondary N) is 1. The molecule has 0 atom stereocenters. The number of aromatic nitrogens is 2. The third kappa shape index (κ3) is 4.63. The number of hydrogen-bond donors (Lipinski definition) is 1. The van der Waals surface area contributed by atoms with Crippen LogP contribution >= 0.6 is 34.9 Å². The van der Waals surface area contributed by atoms with Gasteiger partial charge in [-0.15, -0.1) is 10.2 Å². The zero-order valence-electron chi connectivity index (χ0n) is 8.61. The third-order valence-electron chi connectivity index (χ3n) is 1.44. The first-order valence-corrected chi connectivity index (χ1v) is 7.48. The van der Waals surface area contributed by atoms with Crippen molar-refractivity contribution in [2.75, 3.05) is 18.6 Å². The lowest BCUT2D eigenvalue weighted by atomic mass is 10.4. The smallest absolute Gasteiger partial charge is 0.175 e. The quantitative estimate of drug-likeness (QED) is 0.619. The Balaban J connectivity index is 2.18. The van der Waals surface area contributed by atoms with E-state index < -0.39 is 0 Å². The van der Waals surface area contributed by atoms with Gasteiger partial charge >= 0.3 is 0 Å². The molecule has 0 spiro atoms. The SMILES string of the molecule is CSc1nnc(SCCNC(C)C)s1. The van der Waals surface area contributed by atoms with Gasteiger partial charge in [0.05, 0.1) is 0 Å². The van der Waals surface area contributed by atoms with Crippen LogP contribution in [0.2, 0.25) is 0 Å². The van der Waals surface area contributed by atoms with Gasteiger partial charge in [-0.2, -0.15) is 0 Å². The predicted molar refractivity (Wildman–Crippen MR) is 65.6 cm³/mol. The normalized spacial score (nSPS) is 11.1. The molecule has 0 aliphatic carbocycles. The molecule has 0 aliphatic rings. The van der Waals surface area contributed by atoms with Crippen LogP contribution < -0.4 is 5.32 Å². The van der Waals surface area contributed by atoms with Gasteiger partial charge in [-0.25, -0.2) is 0 Å². The van der Waals surface area contributed by atoms with Crippen molar-refractivity contribution in [3.8, 4) is 0 Å². The first-order valence-electron chi connectivity index (χ1n) is 4.46. The van der Waals surface area contributed by atoms with Crippen molar-refractivity contribution in [3.05, 3.63) is 0 Å². The van der Waals surface area contributed by atoms with E-state index in [-0.39, 0.29) is 0 Å². The van der Waals surface area contributed by atoms with Crippen LogP contribution in [-0.2, 0) is 0 Å². The molecular weight excluding hydrogens is 234 g/mol. The molecular formula is C8H15N3S3. The van der Waals surface area contributed by atoms with Gasteiger partial charge in [-0.3, -0.25) is 0 Å². The van der Waals surface area contributed by atoms with E-state index in [4.69, 9.17) is 0 Å². The van der Waals surface area contributed by atoms with E-state index in [9.17, 15) is 0 Å². The number of nitrogens with zero attached hydrogens (tertiary/aromatic N) is 2. The Morgan fingerprint density at radius 3 is 2.64 bits per heavy atom. The monoisotopic (exact) mass is 249 g/mol. The summed E-state index contributed by atoms with van der Waals surface area (Å²) in [6.07, 6.45) is 2.02. The van der Waals surface area contributed by atoms with Crippen LogP contribution in [-0.4, -0.2) is 34.8 Å². The maximum absolute atomic E-state index is 4.09. The van der Waals surface area contributed by atoms with Crippen molar-refractivity contribution in [2.24, 2.45) is 0 Å². The molecule has 80 valence electrons. The van der Waals surface area contributed by atoms with E-state index in [1.165, 1.54) is 0 Å². The van der Waals surface area contributed by atoms with Gasteiger partial charge in [0.15, 0.2) is 8.68 Å². The zero-order chi connectivity index (χ0) is 10.4. The van der Waals surface area contributed by atoms with Crippen LogP contribution in [0.15, 0.2) is 8.68 Å². The van der Waals surface area contributed by atoms with Gasteiger partial charge in [0, 0.05) is 18.3 Å². The van der Waals surface area contributed by atoms with E-state index >= 15 is 0 Å². The maximum Gasteiger partial charge on any atom is 0.175 e. The third-order valence-corrected chi connectivity index (χ3v) is 4.48. The molecule has 1 aromatic rings. The highest BCUT2D eigenvalue weighted by Crippen LogP contribution is 2.26. The van der Waals surface area contributed by atoms with E-state index in [1.807, 2.05) is 6.26 Å². The van der Waals surface area contributed by atoms with Crippen molar-refractivity contribution in [1.82, 2.24) is 15.5 Å². The minimum absolute atomic E-state index is 0.562. The summed E-state index contributed by atoms with van der Waals surface area (Å²) in [7, 11) is 0. The molecule has 0 bridgehead atoms. The molecule has 0 fully saturated rings. The Morgan fingerprint density at radius 1 is 1.36 bits per heavy atom. The van der Waals surface area contributed by atoms with Crippen LogP contribution in [0, 0.1) is 0 Å². The Hall–Kier alpha value is 0.220. The summed E-state index contributed by atoms with van der Waals surface area (Å²) in [5.41, 5.74) is 0. The molecule has 6 heteroatoms. The summed E-state index contributed by atoms with van der Waals surface area (Å²) in [6.45, 7) is 5.33. The van der Waals surface area contributed by atoms with Gasteiger partial charge in [0.2, 0.25) is 0 Å². The topological polar surface area (TPSA) is 37.8 Å². The molecule has 1 heterocycles. The first-order chi connectivity index (χ1) is 6.72. The number of hydrogen-bond acceptors (Lipinski definition) is 6. The van der Waals surface area contributed by atoms with E-state index in [0.29, 0.717) is 6.04 Å². The van der Waals surface area contributed by atoms with E-state index in [2.05, 4.69) is 29.4 Å². The molecule has 3 nitrogen and oxygen atoms in total. The summed E-state index contributed by atoms with van der Waals surface area (Å²) < 4.78 is 2.12. The summed E-state index contributed by atoms with van der Waals surface area (Å²) in [6, 6.07) is 0.562. The molecule has 0 saturated heterocycles. The second-order valence-corrected chi connectivity index (χ2v) is 6.37. The lowest BCUT2D eigenvalue weighted by Crippen LogP contribution is -2.24. The Bertz CT molecular complexity index is 262. The fourth-order valence-electron chi connectivity index (χ4n) is 0.824. The number of rotatable bonds is 6. The molecule has 1 N–H and O–H groups in total. The van der Waals surface area contributed by atoms with Crippen LogP contribution in [0.25, 0.3) is 0 Å². The lowest BCUT2D eigenvalue weighted by molar-refractivity contribution is 0.616. The van der Waals surface area contributed by atoms with Crippen LogP contribution in [0.5, 0.6) is 0 Å². The molecule has 14 heavy (non-hydrogen) atoms. The van der Waals surface area contributed by atoms with Gasteiger partial charge < -0.3 is 5.32 Å². The molecule has 0 saturated carbocycles. The summed E-state index contributed by atoms with van der Waals surface area (Å²) in [4.78, 5) is 0. The zero-order valence-corrected chi connectivity index (χ0v) is 11.1. The van der Waals surface area contributed by atoms with Crippen LogP contribution in [0.1, 0.15) is 13.8 Å². The molecule has 0 amide bonds. The van der Waals surface area contributed by atoms with Crippen molar-refractivity contribution in [3.63, 3.8) is 0 Å². The Labute approximate surface area is 97.5 Å². The van der Waals surface area contributed by atoms with Crippen molar-refractivity contribution in [2.45, 2.75) is 28.6 Å². The molecule has 0 aliphatic heterocycles. The predicted octanol–water partition coefficient (Wildman–Crippen LogP) is 2.35. The Morgan fingerprint density at radius 2 is 2.07 bits per heavy atom. The van der Waals surface area contributed by atoms with Gasteiger partial charge in [-0.05, 0) is 6.26 Å². The highest BCUT2D eigenvalue weighted by molar-refractivity contribution is 8.02. The van der Waals surface area contributed by atoms with Crippen LogP contribution in [0.4, 0.5) is 0 Å². The van der Waals surface area contributed by atoms with Crippen molar-refractivity contribution in [1.29, 1.82) is 0 Å². The molecule has 0 radical (unpaired) electrons. The largest absolute Gasteiger partial charge is 0.314 e. The average molecular weight is 249 g/mol. The molecule has 0 unspecified atom stereocenters. The first kappa shape index (κ1) is 12.3. The Kier molecular flexibility index (Phi) is 5.84. The highest BCUT2D eigenvalue weighted by atomic mass is 32.2. The molecule has 0 aromatic carbocycles. The minimum atomic E-state index is 0.562. The second kappa shape index (κ2) is 6.66. The van der Waals surface area contributed by atoms with Crippen LogP contribution in [0.3, 0.4) is 0 Å². The fraction of sp³-hybridized carbons (Fsp3) is 0.750. The van der Waals surface area contributed by atoms with Gasteiger partial charge in [-0.1, -0.05) is 48.7 Å². The lowest BCUT2D eigenvalue weighted by Gasteiger charge is -2.05. The van der Waals surface area contributed by atoms with E-state index in [1.54, 1.807) is 34.9 Å². The summed E-state index contributed by atoms with van der Waals surface area (Å²) >= 11 is 5.09. The summed E-state index contributed by atoms with van der Waals surface area (Å²) in [5, 5.41) is 11.5. The average Bonchev–Trinajstić information content (AvgIpc) is 2.60. The van der Waals surface area contributed by atoms with Crippen molar-refractivity contribution >= 4 is 34.9 Å². The van der Waals surface area contributed by atoms with E-state index in [0.717, 1.165) is 21.0 Å². The maximum atomic E-state index is 4.09. The van der Waals surface area contributed by atoms with Gasteiger partial charge in [0.25, 0.3) is 0 Å². The second-order valence-electron chi connectivity index (χ2n) is 3.00.